The van der Waals surface area contributed by atoms with Crippen molar-refractivity contribution in [2.75, 3.05) is 10.2 Å². The molecule has 3 amide bonds. The molecule has 1 aliphatic rings. The van der Waals surface area contributed by atoms with Crippen molar-refractivity contribution < 1.29 is 29.4 Å². The highest BCUT2D eigenvalue weighted by molar-refractivity contribution is 6.35. The van der Waals surface area contributed by atoms with Gasteiger partial charge >= 0.3 is 5.97 Å². The summed E-state index contributed by atoms with van der Waals surface area (Å²) in [5.41, 5.74) is 0.933. The number of amides is 3. The fraction of sp³-hybridized carbons (Fsp3) is 0.0435. The Morgan fingerprint density at radius 2 is 1.69 bits per heavy atom. The van der Waals surface area contributed by atoms with Crippen LogP contribution in [0.1, 0.15) is 47.0 Å². The van der Waals surface area contributed by atoms with Gasteiger partial charge in [0.1, 0.15) is 0 Å². The second-order valence-corrected chi connectivity index (χ2v) is 7.42. The minimum Gasteiger partial charge on any atom is -0.478 e. The number of rotatable bonds is 5. The number of fused-ring (bicyclic) bond motifs is 1. The highest BCUT2D eigenvalue weighted by Gasteiger charge is 2.37. The van der Waals surface area contributed by atoms with Crippen LogP contribution < -0.4 is 10.2 Å². The molecule has 8 nitrogen and oxygen atoms in total. The molecule has 4 rings (SSSR count). The van der Waals surface area contributed by atoms with E-state index in [9.17, 15) is 29.4 Å². The molecule has 0 bridgehead atoms. The zero-order valence-corrected chi connectivity index (χ0v) is 17.1. The maximum absolute atomic E-state index is 12.9. The van der Waals surface area contributed by atoms with Gasteiger partial charge in [-0.3, -0.25) is 14.4 Å². The van der Waals surface area contributed by atoms with E-state index in [0.717, 1.165) is 4.90 Å². The lowest BCUT2D eigenvalue weighted by Crippen LogP contribution is -2.29. The molecule has 9 heteroatoms. The van der Waals surface area contributed by atoms with Crippen molar-refractivity contribution in [1.82, 2.24) is 0 Å². The van der Waals surface area contributed by atoms with Gasteiger partial charge in [-0.2, -0.15) is 0 Å². The molecule has 0 spiro atoms. The number of imide groups is 1. The average molecular weight is 451 g/mol. The van der Waals surface area contributed by atoms with Crippen molar-refractivity contribution in [3.8, 4) is 0 Å². The van der Waals surface area contributed by atoms with Crippen LogP contribution in [0.5, 0.6) is 0 Å². The number of carbonyl (C=O) groups excluding carboxylic acids is 3. The van der Waals surface area contributed by atoms with E-state index in [4.69, 9.17) is 11.6 Å². The van der Waals surface area contributed by atoms with E-state index in [1.165, 1.54) is 42.5 Å². The highest BCUT2D eigenvalue weighted by atomic mass is 35.5. The van der Waals surface area contributed by atoms with Crippen molar-refractivity contribution in [3.63, 3.8) is 0 Å². The SMILES string of the molecule is O=C(Nc1cc(Cl)ccc1C(=O)O)c1ccc2c(c1)C(=O)N(c1cccc(CO)c1)C2=O. The van der Waals surface area contributed by atoms with Crippen molar-refractivity contribution in [3.05, 3.63) is 93.5 Å². The van der Waals surface area contributed by atoms with E-state index >= 15 is 0 Å². The van der Waals surface area contributed by atoms with Crippen LogP contribution in [0, 0.1) is 0 Å². The molecule has 3 aromatic carbocycles. The van der Waals surface area contributed by atoms with Crippen molar-refractivity contribution in [2.45, 2.75) is 6.61 Å². The summed E-state index contributed by atoms with van der Waals surface area (Å²) in [6.07, 6.45) is 0. The Bertz CT molecular complexity index is 1300. The average Bonchev–Trinajstić information content (AvgIpc) is 3.03. The van der Waals surface area contributed by atoms with Gasteiger partial charge in [0.15, 0.2) is 0 Å². The molecule has 1 aliphatic heterocycles. The third kappa shape index (κ3) is 3.73. The van der Waals surface area contributed by atoms with Gasteiger partial charge in [-0.1, -0.05) is 23.7 Å². The van der Waals surface area contributed by atoms with Crippen LogP contribution in [0.15, 0.2) is 60.7 Å². The molecule has 32 heavy (non-hydrogen) atoms. The van der Waals surface area contributed by atoms with E-state index in [0.29, 0.717) is 11.3 Å². The Morgan fingerprint density at radius 1 is 0.938 bits per heavy atom. The number of nitrogens with one attached hydrogen (secondary N) is 1. The van der Waals surface area contributed by atoms with E-state index < -0.39 is 23.7 Å². The molecule has 0 saturated heterocycles. The predicted octanol–water partition coefficient (Wildman–Crippen LogP) is 3.58. The Hall–Kier alpha value is -4.01. The molecule has 3 N–H and O–H groups in total. The number of aliphatic hydroxyl groups excluding tert-OH is 1. The van der Waals surface area contributed by atoms with Crippen LogP contribution in [0.2, 0.25) is 5.02 Å². The van der Waals surface area contributed by atoms with Crippen molar-refractivity contribution >= 4 is 46.7 Å². The number of carboxylic acid groups (broad SMARTS) is 1. The molecular weight excluding hydrogens is 436 g/mol. The van der Waals surface area contributed by atoms with Gasteiger partial charge < -0.3 is 15.5 Å². The third-order valence-electron chi connectivity index (χ3n) is 4.96. The number of aliphatic hydroxyl groups is 1. The maximum Gasteiger partial charge on any atom is 0.337 e. The first-order valence-corrected chi connectivity index (χ1v) is 9.75. The topological polar surface area (TPSA) is 124 Å². The summed E-state index contributed by atoms with van der Waals surface area (Å²) in [6.45, 7) is -0.247. The number of benzene rings is 3. The molecule has 0 saturated carbocycles. The fourth-order valence-electron chi connectivity index (χ4n) is 3.41. The Labute approximate surface area is 186 Å². The number of hydrogen-bond acceptors (Lipinski definition) is 5. The lowest BCUT2D eigenvalue weighted by Gasteiger charge is -2.14. The summed E-state index contributed by atoms with van der Waals surface area (Å²) >= 11 is 5.91. The highest BCUT2D eigenvalue weighted by Crippen LogP contribution is 2.30. The minimum absolute atomic E-state index is 0.000321. The molecular formula is C23H15ClN2O6. The minimum atomic E-state index is -1.24. The molecule has 0 radical (unpaired) electrons. The summed E-state index contributed by atoms with van der Waals surface area (Å²) in [5.74, 6) is -3.07. The first-order chi connectivity index (χ1) is 15.3. The quantitative estimate of drug-likeness (QED) is 0.510. The van der Waals surface area contributed by atoms with E-state index in [1.54, 1.807) is 18.2 Å². The summed E-state index contributed by atoms with van der Waals surface area (Å²) in [6, 6.07) is 14.4. The predicted molar refractivity (Wildman–Crippen MR) is 116 cm³/mol. The van der Waals surface area contributed by atoms with Crippen LogP contribution in [0.3, 0.4) is 0 Å². The largest absolute Gasteiger partial charge is 0.478 e. The normalized spacial score (nSPS) is 12.6. The monoisotopic (exact) mass is 450 g/mol. The molecule has 0 fully saturated rings. The Kier molecular flexibility index (Phi) is 5.48. The number of nitrogens with zero attached hydrogens (tertiary/aromatic N) is 1. The molecule has 0 atom stereocenters. The number of carboxylic acids is 1. The third-order valence-corrected chi connectivity index (χ3v) is 5.20. The van der Waals surface area contributed by atoms with E-state index in [2.05, 4.69) is 5.32 Å². The number of anilines is 2. The van der Waals surface area contributed by atoms with Crippen LogP contribution in [0.25, 0.3) is 0 Å². The van der Waals surface area contributed by atoms with Gasteiger partial charge in [0.25, 0.3) is 17.7 Å². The maximum atomic E-state index is 12.9. The molecule has 0 aromatic heterocycles. The van der Waals surface area contributed by atoms with Gasteiger partial charge in [0, 0.05) is 10.6 Å². The van der Waals surface area contributed by atoms with Gasteiger partial charge in [-0.25, -0.2) is 9.69 Å². The standard InChI is InChI=1S/C23H15ClN2O6/c24-14-5-7-17(23(31)32)19(10-14)25-20(28)13-4-6-16-18(9-13)22(30)26(21(16)29)15-3-1-2-12(8-15)11-27/h1-10,27H,11H2,(H,25,28)(H,31,32). The van der Waals surface area contributed by atoms with Crippen LogP contribution in [-0.4, -0.2) is 33.9 Å². The van der Waals surface area contributed by atoms with E-state index in [-0.39, 0.29) is 39.6 Å². The number of carbonyl (C=O) groups is 4. The Morgan fingerprint density at radius 3 is 2.41 bits per heavy atom. The van der Waals surface area contributed by atoms with Crippen molar-refractivity contribution in [1.29, 1.82) is 0 Å². The van der Waals surface area contributed by atoms with Crippen LogP contribution >= 0.6 is 11.6 Å². The molecule has 160 valence electrons. The van der Waals surface area contributed by atoms with Gasteiger partial charge in [0.2, 0.25) is 0 Å². The number of aromatic carboxylic acids is 1. The molecule has 3 aromatic rings. The van der Waals surface area contributed by atoms with Crippen LogP contribution in [0.4, 0.5) is 11.4 Å². The first kappa shape index (κ1) is 21.2. The summed E-state index contributed by atoms with van der Waals surface area (Å²) in [4.78, 5) is 50.9. The lowest BCUT2D eigenvalue weighted by atomic mass is 10.0. The number of hydrogen-bond donors (Lipinski definition) is 3. The second kappa shape index (κ2) is 8.26. The molecule has 1 heterocycles. The van der Waals surface area contributed by atoms with Crippen molar-refractivity contribution in [2.24, 2.45) is 0 Å². The van der Waals surface area contributed by atoms with E-state index in [1.807, 2.05) is 0 Å². The summed E-state index contributed by atoms with van der Waals surface area (Å²) < 4.78 is 0. The zero-order chi connectivity index (χ0) is 23.0. The summed E-state index contributed by atoms with van der Waals surface area (Å²) in [7, 11) is 0. The molecule has 0 aliphatic carbocycles. The molecule has 0 unspecified atom stereocenters. The Balaban J connectivity index is 1.65. The lowest BCUT2D eigenvalue weighted by molar-refractivity contribution is 0.0697. The van der Waals surface area contributed by atoms with Crippen LogP contribution in [-0.2, 0) is 6.61 Å². The van der Waals surface area contributed by atoms with Gasteiger partial charge in [-0.15, -0.1) is 0 Å². The van der Waals surface area contributed by atoms with Gasteiger partial charge in [0.05, 0.1) is 34.7 Å². The fourth-order valence-corrected chi connectivity index (χ4v) is 3.58. The smallest absolute Gasteiger partial charge is 0.337 e. The second-order valence-electron chi connectivity index (χ2n) is 6.98. The first-order valence-electron chi connectivity index (χ1n) is 9.37. The summed E-state index contributed by atoms with van der Waals surface area (Å²) in [5, 5.41) is 21.3. The number of halogens is 1. The van der Waals surface area contributed by atoms with Gasteiger partial charge in [-0.05, 0) is 54.1 Å². The zero-order valence-electron chi connectivity index (χ0n) is 16.3.